The Balaban J connectivity index is 1.91. The normalized spacial score (nSPS) is 13.6. The van der Waals surface area contributed by atoms with Gasteiger partial charge in [-0.3, -0.25) is 0 Å². The Labute approximate surface area is 139 Å². The van der Waals surface area contributed by atoms with Gasteiger partial charge in [-0.2, -0.15) is 0 Å². The Hall–Kier alpha value is -3.55. The van der Waals surface area contributed by atoms with Crippen molar-refractivity contribution in [2.45, 2.75) is 0 Å². The summed E-state index contributed by atoms with van der Waals surface area (Å²) in [6, 6.07) is 8.03. The van der Waals surface area contributed by atoms with Crippen molar-refractivity contribution in [1.29, 1.82) is 0 Å². The van der Waals surface area contributed by atoms with E-state index in [-0.39, 0.29) is 5.56 Å². The minimum Gasteiger partial charge on any atom is -0.486 e. The molecule has 0 bridgehead atoms. The van der Waals surface area contributed by atoms with Crippen molar-refractivity contribution in [3.05, 3.63) is 46.4 Å². The van der Waals surface area contributed by atoms with Gasteiger partial charge in [-0.15, -0.1) is 0 Å². The standard InChI is InChI=1S/C17H11N3O5/c21-16(22)8-1-2-9-10(5-8)19-17(23)20-12-7-14-13(24-3-4-25-14)6-11(12)18-15(9)20/h1-2,5-7H,3-4H2,(H,19,23)(H,21,22). The highest BCUT2D eigenvalue weighted by molar-refractivity contribution is 6.00. The summed E-state index contributed by atoms with van der Waals surface area (Å²) in [6.07, 6.45) is 0. The van der Waals surface area contributed by atoms with Crippen LogP contribution in [0.4, 0.5) is 0 Å². The molecule has 2 aromatic carbocycles. The fourth-order valence-electron chi connectivity index (χ4n) is 3.15. The second-order valence-electron chi connectivity index (χ2n) is 5.75. The number of nitrogens with one attached hydrogen (secondary N) is 1. The second-order valence-corrected chi connectivity index (χ2v) is 5.75. The van der Waals surface area contributed by atoms with E-state index < -0.39 is 11.7 Å². The third-order valence-electron chi connectivity index (χ3n) is 4.27. The summed E-state index contributed by atoms with van der Waals surface area (Å²) in [6.45, 7) is 0.917. The lowest BCUT2D eigenvalue weighted by atomic mass is 10.1. The average molecular weight is 337 g/mol. The highest BCUT2D eigenvalue weighted by atomic mass is 16.6. The summed E-state index contributed by atoms with van der Waals surface area (Å²) in [7, 11) is 0. The minimum atomic E-state index is -1.06. The molecule has 0 unspecified atom stereocenters. The van der Waals surface area contributed by atoms with Gasteiger partial charge in [0.1, 0.15) is 13.2 Å². The number of rotatable bonds is 1. The number of nitrogens with zero attached hydrogens (tertiary/aromatic N) is 2. The summed E-state index contributed by atoms with van der Waals surface area (Å²) in [4.78, 5) is 31.0. The van der Waals surface area contributed by atoms with Crippen LogP contribution in [0.3, 0.4) is 0 Å². The molecule has 124 valence electrons. The fourth-order valence-corrected chi connectivity index (χ4v) is 3.15. The van der Waals surface area contributed by atoms with Crippen molar-refractivity contribution in [2.24, 2.45) is 0 Å². The van der Waals surface area contributed by atoms with Gasteiger partial charge in [0.05, 0.1) is 22.1 Å². The van der Waals surface area contributed by atoms with Gasteiger partial charge < -0.3 is 19.6 Å². The summed E-state index contributed by atoms with van der Waals surface area (Å²) in [5, 5.41) is 9.78. The third-order valence-corrected chi connectivity index (χ3v) is 4.27. The first-order valence-corrected chi connectivity index (χ1v) is 7.63. The topological polar surface area (TPSA) is 106 Å². The van der Waals surface area contributed by atoms with E-state index in [0.29, 0.717) is 52.3 Å². The molecule has 1 aliphatic rings. The van der Waals surface area contributed by atoms with Gasteiger partial charge in [0.2, 0.25) is 0 Å². The number of H-pyrrole nitrogens is 1. The van der Waals surface area contributed by atoms with E-state index in [2.05, 4.69) is 9.97 Å². The first-order chi connectivity index (χ1) is 12.1. The van der Waals surface area contributed by atoms with Crippen molar-refractivity contribution in [3.63, 3.8) is 0 Å². The van der Waals surface area contributed by atoms with Crippen LogP contribution in [0, 0.1) is 0 Å². The van der Waals surface area contributed by atoms with Crippen molar-refractivity contribution >= 4 is 33.6 Å². The Morgan fingerprint density at radius 2 is 1.92 bits per heavy atom. The molecular weight excluding hydrogens is 326 g/mol. The molecule has 25 heavy (non-hydrogen) atoms. The quantitative estimate of drug-likeness (QED) is 0.548. The zero-order valence-corrected chi connectivity index (χ0v) is 12.8. The van der Waals surface area contributed by atoms with Gasteiger partial charge in [0, 0.05) is 17.5 Å². The molecule has 2 aromatic heterocycles. The third kappa shape index (κ3) is 1.90. The molecule has 2 N–H and O–H groups in total. The number of aromatic carboxylic acids is 1. The van der Waals surface area contributed by atoms with Crippen molar-refractivity contribution in [2.75, 3.05) is 13.2 Å². The number of fused-ring (bicyclic) bond motifs is 6. The highest BCUT2D eigenvalue weighted by Crippen LogP contribution is 2.35. The molecule has 4 aromatic rings. The number of carbonyl (C=O) groups is 1. The number of carboxylic acids is 1. The average Bonchev–Trinajstić information content (AvgIpc) is 2.98. The number of aromatic amines is 1. The van der Waals surface area contributed by atoms with Gasteiger partial charge in [0.15, 0.2) is 17.1 Å². The van der Waals surface area contributed by atoms with E-state index in [1.54, 1.807) is 18.2 Å². The van der Waals surface area contributed by atoms with Gasteiger partial charge in [-0.05, 0) is 18.2 Å². The maximum Gasteiger partial charge on any atom is 0.335 e. The molecule has 0 amide bonds. The van der Waals surface area contributed by atoms with Crippen LogP contribution in [0.25, 0.3) is 27.6 Å². The zero-order valence-electron chi connectivity index (χ0n) is 12.8. The molecule has 0 atom stereocenters. The Morgan fingerprint density at radius 3 is 2.68 bits per heavy atom. The van der Waals surface area contributed by atoms with Crippen molar-refractivity contribution in [1.82, 2.24) is 14.4 Å². The predicted octanol–water partition coefficient (Wildman–Crippen LogP) is 1.80. The second kappa shape index (κ2) is 4.73. The van der Waals surface area contributed by atoms with Crippen LogP contribution in [0.15, 0.2) is 35.1 Å². The molecule has 0 aliphatic carbocycles. The lowest BCUT2D eigenvalue weighted by Crippen LogP contribution is -2.17. The zero-order chi connectivity index (χ0) is 17.1. The van der Waals surface area contributed by atoms with E-state index in [0.717, 1.165) is 0 Å². The van der Waals surface area contributed by atoms with Crippen LogP contribution in [-0.2, 0) is 0 Å². The number of benzene rings is 2. The molecule has 5 rings (SSSR count). The van der Waals surface area contributed by atoms with Crippen LogP contribution in [0.1, 0.15) is 10.4 Å². The molecule has 0 saturated carbocycles. The van der Waals surface area contributed by atoms with E-state index in [9.17, 15) is 9.59 Å². The highest BCUT2D eigenvalue weighted by Gasteiger charge is 2.18. The predicted molar refractivity (Wildman–Crippen MR) is 88.8 cm³/mol. The van der Waals surface area contributed by atoms with Crippen LogP contribution < -0.4 is 15.2 Å². The molecule has 0 radical (unpaired) electrons. The smallest absolute Gasteiger partial charge is 0.335 e. The molecular formula is C17H11N3O5. The monoisotopic (exact) mass is 337 g/mol. The first-order valence-electron chi connectivity index (χ1n) is 7.63. The Bertz CT molecular complexity index is 1250. The van der Waals surface area contributed by atoms with E-state index in [1.807, 2.05) is 0 Å². The van der Waals surface area contributed by atoms with E-state index in [1.165, 1.54) is 16.5 Å². The molecule has 8 heteroatoms. The van der Waals surface area contributed by atoms with Gasteiger partial charge in [-0.1, -0.05) is 0 Å². The number of hydrogen-bond donors (Lipinski definition) is 2. The van der Waals surface area contributed by atoms with Crippen LogP contribution in [0.2, 0.25) is 0 Å². The summed E-state index contributed by atoms with van der Waals surface area (Å²) in [5.41, 5.74) is 1.78. The van der Waals surface area contributed by atoms with Gasteiger partial charge in [-0.25, -0.2) is 19.0 Å². The Morgan fingerprint density at radius 1 is 1.16 bits per heavy atom. The fraction of sp³-hybridized carbons (Fsp3) is 0.118. The van der Waals surface area contributed by atoms with Crippen LogP contribution in [-0.4, -0.2) is 38.7 Å². The molecule has 0 saturated heterocycles. The van der Waals surface area contributed by atoms with Gasteiger partial charge in [0.25, 0.3) is 0 Å². The number of carboxylic acid groups (broad SMARTS) is 1. The maximum absolute atomic E-state index is 12.6. The van der Waals surface area contributed by atoms with Crippen molar-refractivity contribution < 1.29 is 19.4 Å². The Kier molecular flexibility index (Phi) is 2.62. The summed E-state index contributed by atoms with van der Waals surface area (Å²) < 4.78 is 12.6. The van der Waals surface area contributed by atoms with Crippen LogP contribution in [0.5, 0.6) is 11.5 Å². The molecule has 3 heterocycles. The van der Waals surface area contributed by atoms with E-state index >= 15 is 0 Å². The van der Waals surface area contributed by atoms with Gasteiger partial charge >= 0.3 is 11.7 Å². The van der Waals surface area contributed by atoms with Crippen LogP contribution >= 0.6 is 0 Å². The SMILES string of the molecule is O=C(O)c1ccc2c(c1)[nH]c(=O)n1c3cc4c(cc3nc21)OCCO4. The number of aromatic nitrogens is 3. The molecule has 0 fully saturated rings. The van der Waals surface area contributed by atoms with Crippen molar-refractivity contribution in [3.8, 4) is 11.5 Å². The number of hydrogen-bond acceptors (Lipinski definition) is 5. The minimum absolute atomic E-state index is 0.0980. The number of imidazole rings is 1. The lowest BCUT2D eigenvalue weighted by Gasteiger charge is -2.17. The summed E-state index contributed by atoms with van der Waals surface area (Å²) in [5.74, 6) is 0.107. The molecule has 0 spiro atoms. The number of ether oxygens (including phenoxy) is 2. The molecule has 1 aliphatic heterocycles. The van der Waals surface area contributed by atoms with E-state index in [4.69, 9.17) is 14.6 Å². The maximum atomic E-state index is 12.6. The summed E-state index contributed by atoms with van der Waals surface area (Å²) >= 11 is 0. The largest absolute Gasteiger partial charge is 0.486 e. The molecule has 8 nitrogen and oxygen atoms in total. The first kappa shape index (κ1) is 13.8. The lowest BCUT2D eigenvalue weighted by molar-refractivity contribution is 0.0697.